The van der Waals surface area contributed by atoms with E-state index in [2.05, 4.69) is 23.8 Å². The molecule has 110 valence electrons. The van der Waals surface area contributed by atoms with E-state index >= 15 is 0 Å². The molecule has 1 heterocycles. The third-order valence-electron chi connectivity index (χ3n) is 4.11. The number of likely N-dealkylation sites (N-methyl/N-ethyl adjacent to an activating group) is 1. The van der Waals surface area contributed by atoms with E-state index in [0.29, 0.717) is 23.9 Å². The van der Waals surface area contributed by atoms with Gasteiger partial charge in [-0.2, -0.15) is 0 Å². The van der Waals surface area contributed by atoms with Gasteiger partial charge in [-0.3, -0.25) is 9.69 Å². The molecule has 1 unspecified atom stereocenters. The predicted molar refractivity (Wildman–Crippen MR) is 80.5 cm³/mol. The second-order valence-corrected chi connectivity index (χ2v) is 5.40. The number of ketones is 1. The Labute approximate surface area is 121 Å². The Hall–Kier alpha value is -1.39. The summed E-state index contributed by atoms with van der Waals surface area (Å²) >= 11 is 0. The summed E-state index contributed by atoms with van der Waals surface area (Å²) in [7, 11) is 3.77. The first-order valence-electron chi connectivity index (χ1n) is 7.24. The maximum atomic E-state index is 12.4. The molecule has 0 aromatic heterocycles. The van der Waals surface area contributed by atoms with Crippen molar-refractivity contribution in [2.75, 3.05) is 40.3 Å². The molecule has 1 atom stereocenters. The minimum atomic E-state index is 0.141. The second kappa shape index (κ2) is 6.86. The zero-order chi connectivity index (χ0) is 14.5. The summed E-state index contributed by atoms with van der Waals surface area (Å²) in [6.07, 6.45) is 1.12. The molecule has 1 aromatic rings. The Morgan fingerprint density at radius 1 is 1.35 bits per heavy atom. The van der Waals surface area contributed by atoms with Crippen LogP contribution in [0.1, 0.15) is 23.7 Å². The monoisotopic (exact) mass is 276 g/mol. The van der Waals surface area contributed by atoms with Crippen LogP contribution in [-0.2, 0) is 0 Å². The molecule has 4 nitrogen and oxygen atoms in total. The lowest BCUT2D eigenvalue weighted by atomic mass is 10.1. The van der Waals surface area contributed by atoms with E-state index in [1.165, 1.54) is 0 Å². The molecule has 0 saturated carbocycles. The van der Waals surface area contributed by atoms with Gasteiger partial charge in [0.1, 0.15) is 5.75 Å². The molecular formula is C16H24N2O2. The van der Waals surface area contributed by atoms with Crippen LogP contribution in [0, 0.1) is 0 Å². The first kappa shape index (κ1) is 15.0. The molecule has 0 amide bonds. The Morgan fingerprint density at radius 3 is 2.80 bits per heavy atom. The number of carbonyl (C=O) groups excluding carboxylic acids is 1. The molecule has 2 rings (SSSR count). The zero-order valence-electron chi connectivity index (χ0n) is 12.6. The predicted octanol–water partition coefficient (Wildman–Crippen LogP) is 1.90. The van der Waals surface area contributed by atoms with Crippen LogP contribution >= 0.6 is 0 Å². The fraction of sp³-hybridized carbons (Fsp3) is 0.562. The fourth-order valence-electron chi connectivity index (χ4n) is 2.76. The normalized spacial score (nSPS) is 20.9. The molecule has 1 fully saturated rings. The van der Waals surface area contributed by atoms with Gasteiger partial charge in [0.15, 0.2) is 5.78 Å². The lowest BCUT2D eigenvalue weighted by Crippen LogP contribution is -2.52. The highest BCUT2D eigenvalue weighted by Gasteiger charge is 2.25. The summed E-state index contributed by atoms with van der Waals surface area (Å²) < 4.78 is 5.27. The van der Waals surface area contributed by atoms with Crippen LogP contribution in [-0.4, -0.2) is 62.0 Å². The molecular weight excluding hydrogens is 252 g/mol. The van der Waals surface area contributed by atoms with Crippen LogP contribution in [0.2, 0.25) is 0 Å². The van der Waals surface area contributed by atoms with Crippen molar-refractivity contribution >= 4 is 5.78 Å². The zero-order valence-corrected chi connectivity index (χ0v) is 12.6. The van der Waals surface area contributed by atoms with E-state index in [1.54, 1.807) is 7.11 Å². The second-order valence-electron chi connectivity index (χ2n) is 5.40. The van der Waals surface area contributed by atoms with Crippen molar-refractivity contribution < 1.29 is 9.53 Å². The number of nitrogens with zero attached hydrogens (tertiary/aromatic N) is 2. The Kier molecular flexibility index (Phi) is 5.15. The molecule has 4 heteroatoms. The minimum Gasteiger partial charge on any atom is -0.496 e. The third-order valence-corrected chi connectivity index (χ3v) is 4.11. The number of hydrogen-bond acceptors (Lipinski definition) is 4. The number of hydrogen-bond donors (Lipinski definition) is 0. The molecule has 1 aliphatic rings. The van der Waals surface area contributed by atoms with Gasteiger partial charge in [-0.1, -0.05) is 19.1 Å². The lowest BCUT2D eigenvalue weighted by Gasteiger charge is -2.38. The Bertz CT molecular complexity index is 462. The van der Waals surface area contributed by atoms with E-state index in [4.69, 9.17) is 4.74 Å². The van der Waals surface area contributed by atoms with Crippen molar-refractivity contribution in [1.29, 1.82) is 0 Å². The quantitative estimate of drug-likeness (QED) is 0.769. The number of carbonyl (C=O) groups is 1. The highest BCUT2D eigenvalue weighted by Crippen LogP contribution is 2.19. The number of para-hydroxylation sites is 1. The van der Waals surface area contributed by atoms with Crippen molar-refractivity contribution in [3.63, 3.8) is 0 Å². The minimum absolute atomic E-state index is 0.141. The van der Waals surface area contributed by atoms with Gasteiger partial charge in [0.2, 0.25) is 0 Å². The van der Waals surface area contributed by atoms with Crippen molar-refractivity contribution in [3.8, 4) is 5.75 Å². The number of methoxy groups -OCH3 is 1. The van der Waals surface area contributed by atoms with Gasteiger partial charge < -0.3 is 9.64 Å². The maximum absolute atomic E-state index is 12.4. The number of piperazine rings is 1. The van der Waals surface area contributed by atoms with E-state index in [0.717, 1.165) is 26.1 Å². The topological polar surface area (TPSA) is 32.8 Å². The maximum Gasteiger partial charge on any atom is 0.180 e. The van der Waals surface area contributed by atoms with Crippen LogP contribution in [0.4, 0.5) is 0 Å². The van der Waals surface area contributed by atoms with Gasteiger partial charge in [-0.05, 0) is 25.6 Å². The van der Waals surface area contributed by atoms with Gasteiger partial charge in [-0.15, -0.1) is 0 Å². The van der Waals surface area contributed by atoms with Gasteiger partial charge >= 0.3 is 0 Å². The van der Waals surface area contributed by atoms with Gasteiger partial charge in [0.25, 0.3) is 0 Å². The lowest BCUT2D eigenvalue weighted by molar-refractivity contribution is 0.0741. The van der Waals surface area contributed by atoms with Crippen molar-refractivity contribution in [2.45, 2.75) is 19.4 Å². The summed E-state index contributed by atoms with van der Waals surface area (Å²) in [5.74, 6) is 0.806. The highest BCUT2D eigenvalue weighted by atomic mass is 16.5. The third kappa shape index (κ3) is 3.38. The average Bonchev–Trinajstić information content (AvgIpc) is 2.49. The Balaban J connectivity index is 2.01. The SMILES string of the molecule is CCC1CN(CC(=O)c2ccccc2OC)CCN1C. The van der Waals surface area contributed by atoms with Crippen LogP contribution < -0.4 is 4.74 Å². The fourth-order valence-corrected chi connectivity index (χ4v) is 2.76. The molecule has 1 saturated heterocycles. The smallest absolute Gasteiger partial charge is 0.180 e. The van der Waals surface area contributed by atoms with E-state index < -0.39 is 0 Å². The van der Waals surface area contributed by atoms with Crippen molar-refractivity contribution in [3.05, 3.63) is 29.8 Å². The summed E-state index contributed by atoms with van der Waals surface area (Å²) in [5.41, 5.74) is 0.682. The van der Waals surface area contributed by atoms with Crippen LogP contribution in [0.25, 0.3) is 0 Å². The molecule has 1 aliphatic heterocycles. The summed E-state index contributed by atoms with van der Waals surface area (Å²) in [6, 6.07) is 8.00. The van der Waals surface area contributed by atoms with Crippen LogP contribution in [0.3, 0.4) is 0 Å². The number of Topliss-reactive ketones (excluding diaryl/α,β-unsaturated/α-hetero) is 1. The van der Waals surface area contributed by atoms with Crippen LogP contribution in [0.15, 0.2) is 24.3 Å². The molecule has 0 radical (unpaired) electrons. The van der Waals surface area contributed by atoms with Crippen molar-refractivity contribution in [2.24, 2.45) is 0 Å². The Morgan fingerprint density at radius 2 is 2.10 bits per heavy atom. The first-order valence-corrected chi connectivity index (χ1v) is 7.24. The first-order chi connectivity index (χ1) is 9.65. The molecule has 0 bridgehead atoms. The van der Waals surface area contributed by atoms with E-state index in [-0.39, 0.29) is 5.78 Å². The standard InChI is InChI=1S/C16H24N2O2/c1-4-13-11-18(10-9-17(13)2)12-15(19)14-7-5-6-8-16(14)20-3/h5-8,13H,4,9-12H2,1-3H3. The van der Waals surface area contributed by atoms with E-state index in [1.807, 2.05) is 24.3 Å². The van der Waals surface area contributed by atoms with Crippen LogP contribution in [0.5, 0.6) is 5.75 Å². The molecule has 0 aliphatic carbocycles. The molecule has 1 aromatic carbocycles. The van der Waals surface area contributed by atoms with Gasteiger partial charge in [-0.25, -0.2) is 0 Å². The van der Waals surface area contributed by atoms with Crippen molar-refractivity contribution in [1.82, 2.24) is 9.80 Å². The number of rotatable bonds is 5. The molecule has 0 spiro atoms. The highest BCUT2D eigenvalue weighted by molar-refractivity contribution is 6.00. The largest absolute Gasteiger partial charge is 0.496 e. The van der Waals surface area contributed by atoms with E-state index in [9.17, 15) is 4.79 Å². The molecule has 20 heavy (non-hydrogen) atoms. The van der Waals surface area contributed by atoms with Gasteiger partial charge in [0.05, 0.1) is 19.2 Å². The van der Waals surface area contributed by atoms with Gasteiger partial charge in [0, 0.05) is 25.7 Å². The number of ether oxygens (including phenoxy) is 1. The summed E-state index contributed by atoms with van der Waals surface area (Å²) in [4.78, 5) is 17.1. The molecule has 0 N–H and O–H groups in total. The number of benzene rings is 1. The summed E-state index contributed by atoms with van der Waals surface area (Å²) in [5, 5.41) is 0. The average molecular weight is 276 g/mol. The summed E-state index contributed by atoms with van der Waals surface area (Å²) in [6.45, 7) is 5.62.